The number of para-hydroxylation sites is 1. The Morgan fingerprint density at radius 2 is 1.09 bits per heavy atom. The molecule has 0 atom stereocenters. The number of anilines is 6. The molecule has 2 aliphatic carbocycles. The highest BCUT2D eigenvalue weighted by Crippen LogP contribution is 2.55. The number of hydrogen-bond acceptors (Lipinski definition) is 4. The lowest BCUT2D eigenvalue weighted by molar-refractivity contribution is 0.332. The highest BCUT2D eigenvalue weighted by Gasteiger charge is 2.50. The standard InChI is InChI=1S/C63H69BN2O2/c1-36-30-49-54-50(31-36)66(47-20-17-21-51-53(47)39-18-16-19-41(56(39)67-51)59(5,6)7)48-34-44-43(61(10,11)27-28-62(44,12)13)33-46(48)64(54)57-55(65(49)38-24-22-37(23-25-38)58(2,3)4)40-32-42-45(35-52(40)68-57)63(14,15)29-26-60(42,8)9/h16-25,30-35H,26-29H2,1-15H3. The van der Waals surface area contributed by atoms with Gasteiger partial charge in [0.25, 0.3) is 6.71 Å². The van der Waals surface area contributed by atoms with Crippen LogP contribution < -0.4 is 26.4 Å². The van der Waals surface area contributed by atoms with Crippen LogP contribution in [0.1, 0.15) is 162 Å². The topological polar surface area (TPSA) is 32.8 Å². The maximum atomic E-state index is 7.65. The first-order valence-corrected chi connectivity index (χ1v) is 25.5. The lowest BCUT2D eigenvalue weighted by Crippen LogP contribution is -2.61. The lowest BCUT2D eigenvalue weighted by Gasteiger charge is -2.46. The highest BCUT2D eigenvalue weighted by molar-refractivity contribution is 7.00. The van der Waals surface area contributed by atoms with E-state index >= 15 is 0 Å². The van der Waals surface area contributed by atoms with E-state index < -0.39 is 0 Å². The van der Waals surface area contributed by atoms with Crippen LogP contribution in [0.25, 0.3) is 32.9 Å². The van der Waals surface area contributed by atoms with Gasteiger partial charge in [-0.05, 0) is 164 Å². The van der Waals surface area contributed by atoms with Gasteiger partial charge in [0, 0.05) is 39.1 Å². The van der Waals surface area contributed by atoms with Crippen LogP contribution in [0.2, 0.25) is 0 Å². The summed E-state index contributed by atoms with van der Waals surface area (Å²) in [6, 6.07) is 37.9. The van der Waals surface area contributed by atoms with Gasteiger partial charge in [-0.15, -0.1) is 0 Å². The number of benzene rings is 6. The summed E-state index contributed by atoms with van der Waals surface area (Å²) in [7, 11) is 0. The van der Waals surface area contributed by atoms with Gasteiger partial charge in [0.05, 0.1) is 22.4 Å². The molecule has 0 unspecified atom stereocenters. The Bertz CT molecular complexity index is 3450. The molecule has 8 aromatic rings. The second kappa shape index (κ2) is 13.8. The lowest BCUT2D eigenvalue weighted by atomic mass is 9.35. The van der Waals surface area contributed by atoms with Crippen molar-refractivity contribution >= 4 is 90.3 Å². The van der Waals surface area contributed by atoms with E-state index in [9.17, 15) is 0 Å². The third-order valence-corrected chi connectivity index (χ3v) is 17.3. The molecule has 2 aromatic heterocycles. The van der Waals surface area contributed by atoms with Crippen molar-refractivity contribution in [3.63, 3.8) is 0 Å². The van der Waals surface area contributed by atoms with E-state index in [2.05, 4.69) is 211 Å². The summed E-state index contributed by atoms with van der Waals surface area (Å²) >= 11 is 0. The van der Waals surface area contributed by atoms with Crippen molar-refractivity contribution in [1.29, 1.82) is 0 Å². The first-order valence-electron chi connectivity index (χ1n) is 25.5. The predicted octanol–water partition coefficient (Wildman–Crippen LogP) is 16.0. The number of furan rings is 2. The SMILES string of the molecule is Cc1cc2c3c(c1)N(c1cccc4oc5c(C(C)(C)C)cccc5c14)c1cc4c(cc1B3c1oc3cc5c(cc3c1N2c1ccc(C(C)(C)C)cc1)C(C)(C)CCC5(C)C)C(C)(C)CCC4(C)C. The molecule has 68 heavy (non-hydrogen) atoms. The van der Waals surface area contributed by atoms with E-state index in [-0.39, 0.29) is 39.2 Å². The maximum Gasteiger partial charge on any atom is 0.297 e. The summed E-state index contributed by atoms with van der Waals surface area (Å²) in [6.07, 6.45) is 4.59. The quantitative estimate of drug-likeness (QED) is 0.162. The van der Waals surface area contributed by atoms with Gasteiger partial charge in [0.2, 0.25) is 0 Å². The van der Waals surface area contributed by atoms with Crippen LogP contribution in [0.15, 0.2) is 106 Å². The number of aryl methyl sites for hydroxylation is 1. The molecule has 346 valence electrons. The fraction of sp³-hybridized carbons (Fsp3) is 0.397. The minimum absolute atomic E-state index is 0.00529. The van der Waals surface area contributed by atoms with Crippen molar-refractivity contribution in [3.05, 3.63) is 136 Å². The number of fused-ring (bicyclic) bond motifs is 11. The van der Waals surface area contributed by atoms with E-state index in [0.29, 0.717) is 0 Å². The molecule has 0 radical (unpaired) electrons. The Labute approximate surface area is 405 Å². The summed E-state index contributed by atoms with van der Waals surface area (Å²) in [4.78, 5) is 5.19. The molecule has 0 saturated heterocycles. The number of nitrogens with zero attached hydrogens (tertiary/aromatic N) is 2. The average Bonchev–Trinajstić information content (AvgIpc) is 3.84. The van der Waals surface area contributed by atoms with E-state index in [4.69, 9.17) is 8.83 Å². The van der Waals surface area contributed by atoms with Crippen LogP contribution in [0.4, 0.5) is 34.1 Å². The first-order chi connectivity index (χ1) is 31.9. The Morgan fingerprint density at radius 3 is 1.71 bits per heavy atom. The van der Waals surface area contributed by atoms with Crippen LogP contribution in [-0.4, -0.2) is 6.71 Å². The molecule has 0 amide bonds. The van der Waals surface area contributed by atoms with Gasteiger partial charge in [0.15, 0.2) is 0 Å². The Hall–Kier alpha value is -5.68. The minimum atomic E-state index is -0.142. The fourth-order valence-electron chi connectivity index (χ4n) is 13.0. The van der Waals surface area contributed by atoms with E-state index in [1.807, 2.05) is 0 Å². The molecule has 0 saturated carbocycles. The van der Waals surface area contributed by atoms with Crippen molar-refractivity contribution in [2.24, 2.45) is 0 Å². The zero-order valence-electron chi connectivity index (χ0n) is 43.4. The summed E-state index contributed by atoms with van der Waals surface area (Å²) in [5, 5.41) is 3.50. The zero-order valence-corrected chi connectivity index (χ0v) is 43.4. The van der Waals surface area contributed by atoms with E-state index in [1.54, 1.807) is 0 Å². The molecule has 0 N–H and O–H groups in total. The van der Waals surface area contributed by atoms with Crippen molar-refractivity contribution in [2.45, 2.75) is 162 Å². The van der Waals surface area contributed by atoms with Crippen molar-refractivity contribution in [3.8, 4) is 0 Å². The molecule has 0 spiro atoms. The van der Waals surface area contributed by atoms with Crippen LogP contribution >= 0.6 is 0 Å². The Balaban J connectivity index is 1.23. The van der Waals surface area contributed by atoms with Crippen molar-refractivity contribution in [2.75, 3.05) is 9.80 Å². The summed E-state index contributed by atoms with van der Waals surface area (Å²) < 4.78 is 14.6. The summed E-state index contributed by atoms with van der Waals surface area (Å²) in [6.45, 7) is 35.5. The summed E-state index contributed by atoms with van der Waals surface area (Å²) in [5.41, 5.74) is 23.2. The van der Waals surface area contributed by atoms with Crippen LogP contribution in [0.3, 0.4) is 0 Å². The van der Waals surface area contributed by atoms with Gasteiger partial charge >= 0.3 is 0 Å². The Kier molecular flexibility index (Phi) is 8.83. The average molecular weight is 897 g/mol. The first kappa shape index (κ1) is 43.6. The molecule has 4 aliphatic rings. The zero-order chi connectivity index (χ0) is 48.0. The molecule has 4 heterocycles. The van der Waals surface area contributed by atoms with Gasteiger partial charge in [-0.3, -0.25) is 0 Å². The predicted molar refractivity (Wildman–Crippen MR) is 290 cm³/mol. The third kappa shape index (κ3) is 6.12. The smallest absolute Gasteiger partial charge is 0.297 e. The molecular formula is C63H69BN2O2. The molecular weight excluding hydrogens is 828 g/mol. The normalized spacial score (nSPS) is 18.7. The minimum Gasteiger partial charge on any atom is -0.468 e. The monoisotopic (exact) mass is 897 g/mol. The van der Waals surface area contributed by atoms with E-state index in [0.717, 1.165) is 70.2 Å². The second-order valence-electron chi connectivity index (χ2n) is 26.0. The molecule has 0 bridgehead atoms. The summed E-state index contributed by atoms with van der Waals surface area (Å²) in [5.74, 6) is 0. The largest absolute Gasteiger partial charge is 0.468 e. The van der Waals surface area contributed by atoms with E-state index in [1.165, 1.54) is 78.0 Å². The van der Waals surface area contributed by atoms with Gasteiger partial charge in [-0.1, -0.05) is 139 Å². The number of hydrogen-bond donors (Lipinski definition) is 0. The number of rotatable bonds is 2. The molecule has 2 aliphatic heterocycles. The molecule has 5 heteroatoms. The van der Waals surface area contributed by atoms with Crippen molar-refractivity contribution in [1.82, 2.24) is 0 Å². The highest BCUT2D eigenvalue weighted by atomic mass is 16.3. The van der Waals surface area contributed by atoms with Gasteiger partial charge in [-0.25, -0.2) is 0 Å². The molecule has 0 fully saturated rings. The van der Waals surface area contributed by atoms with Crippen LogP contribution in [0, 0.1) is 6.92 Å². The van der Waals surface area contributed by atoms with Gasteiger partial charge in [-0.2, -0.15) is 0 Å². The fourth-order valence-corrected chi connectivity index (χ4v) is 13.0. The molecule has 4 nitrogen and oxygen atoms in total. The molecule has 12 rings (SSSR count). The van der Waals surface area contributed by atoms with Gasteiger partial charge < -0.3 is 18.6 Å². The second-order valence-corrected chi connectivity index (χ2v) is 26.0. The van der Waals surface area contributed by atoms with Crippen molar-refractivity contribution < 1.29 is 8.83 Å². The van der Waals surface area contributed by atoms with Gasteiger partial charge in [0.1, 0.15) is 16.7 Å². The Morgan fingerprint density at radius 1 is 0.515 bits per heavy atom. The van der Waals surface area contributed by atoms with Crippen LogP contribution in [-0.2, 0) is 32.5 Å². The maximum absolute atomic E-state index is 7.65. The third-order valence-electron chi connectivity index (χ3n) is 17.3. The molecule has 6 aromatic carbocycles. The van der Waals surface area contributed by atoms with Crippen LogP contribution in [0.5, 0.6) is 0 Å².